The summed E-state index contributed by atoms with van der Waals surface area (Å²) >= 11 is 0. The van der Waals surface area contributed by atoms with E-state index in [0.29, 0.717) is 25.9 Å². The molecule has 3 rings (SSSR count). The lowest BCUT2D eigenvalue weighted by atomic mass is 9.84. The summed E-state index contributed by atoms with van der Waals surface area (Å²) in [7, 11) is 1.73. The Kier molecular flexibility index (Phi) is 6.10. The fourth-order valence-electron chi connectivity index (χ4n) is 4.02. The summed E-state index contributed by atoms with van der Waals surface area (Å²) in [6, 6.07) is 9.84. The van der Waals surface area contributed by atoms with E-state index in [-0.39, 0.29) is 11.8 Å². The Bertz CT molecular complexity index is 547. The number of carbonyl (C=O) groups excluding carboxylic acids is 1. The zero-order chi connectivity index (χ0) is 17.7. The summed E-state index contributed by atoms with van der Waals surface area (Å²) in [4.78, 5) is 17.2. The van der Waals surface area contributed by atoms with Gasteiger partial charge in [0.25, 0.3) is 0 Å². The summed E-state index contributed by atoms with van der Waals surface area (Å²) in [5.41, 5.74) is 0.176. The van der Waals surface area contributed by atoms with Gasteiger partial charge in [-0.05, 0) is 44.3 Å². The number of ether oxygens (including phenoxy) is 1. The molecule has 1 aromatic rings. The van der Waals surface area contributed by atoms with Crippen LogP contribution in [0.4, 0.5) is 0 Å². The number of amides is 1. The molecule has 1 N–H and O–H groups in total. The third-order valence-electron chi connectivity index (χ3n) is 5.76. The molecule has 0 bridgehead atoms. The number of rotatable bonds is 5. The van der Waals surface area contributed by atoms with Crippen LogP contribution in [0.5, 0.6) is 0 Å². The molecule has 1 aromatic carbocycles. The number of likely N-dealkylation sites (tertiary alicyclic amines) is 2. The first-order chi connectivity index (χ1) is 12.1. The second-order valence-electron chi connectivity index (χ2n) is 7.33. The predicted molar refractivity (Wildman–Crippen MR) is 97.2 cm³/mol. The maximum atomic E-state index is 12.8. The van der Waals surface area contributed by atoms with E-state index < -0.39 is 5.60 Å². The zero-order valence-corrected chi connectivity index (χ0v) is 15.2. The molecule has 5 heteroatoms. The summed E-state index contributed by atoms with van der Waals surface area (Å²) in [6.07, 6.45) is 3.11. The quantitative estimate of drug-likeness (QED) is 0.884. The number of carbonyl (C=O) groups is 1. The molecule has 2 aliphatic rings. The maximum absolute atomic E-state index is 12.8. The Labute approximate surface area is 150 Å². The summed E-state index contributed by atoms with van der Waals surface area (Å²) in [5.74, 6) is 0.420. The minimum Gasteiger partial charge on any atom is -0.385 e. The molecule has 0 atom stereocenters. The van der Waals surface area contributed by atoms with Crippen molar-refractivity contribution >= 4 is 5.91 Å². The molecule has 0 aliphatic carbocycles. The van der Waals surface area contributed by atoms with Crippen molar-refractivity contribution in [1.82, 2.24) is 9.80 Å². The monoisotopic (exact) mass is 346 g/mol. The first kappa shape index (κ1) is 18.4. The Balaban J connectivity index is 1.49. The number of aliphatic hydroxyl groups is 1. The van der Waals surface area contributed by atoms with Crippen molar-refractivity contribution < 1.29 is 14.6 Å². The number of piperidine rings is 2. The zero-order valence-electron chi connectivity index (χ0n) is 15.2. The Morgan fingerprint density at radius 3 is 2.40 bits per heavy atom. The average molecular weight is 346 g/mol. The lowest BCUT2D eigenvalue weighted by Crippen LogP contribution is -2.49. The van der Waals surface area contributed by atoms with E-state index in [1.54, 1.807) is 7.11 Å². The third kappa shape index (κ3) is 4.40. The second kappa shape index (κ2) is 8.30. The van der Waals surface area contributed by atoms with Crippen LogP contribution in [0.15, 0.2) is 30.3 Å². The first-order valence-electron chi connectivity index (χ1n) is 9.40. The van der Waals surface area contributed by atoms with E-state index in [4.69, 9.17) is 4.74 Å². The molecule has 0 aromatic heterocycles. The van der Waals surface area contributed by atoms with Gasteiger partial charge in [-0.3, -0.25) is 4.79 Å². The van der Waals surface area contributed by atoms with Gasteiger partial charge in [-0.2, -0.15) is 0 Å². The van der Waals surface area contributed by atoms with Gasteiger partial charge in [0, 0.05) is 32.7 Å². The molecule has 1 amide bonds. The van der Waals surface area contributed by atoms with Crippen LogP contribution in [-0.4, -0.2) is 67.3 Å². The van der Waals surface area contributed by atoms with Crippen LogP contribution in [0.25, 0.3) is 0 Å². The maximum Gasteiger partial charge on any atom is 0.225 e. The van der Waals surface area contributed by atoms with Gasteiger partial charge in [-0.15, -0.1) is 0 Å². The number of hydrogen-bond donors (Lipinski definition) is 1. The topological polar surface area (TPSA) is 53.0 Å². The molecule has 5 nitrogen and oxygen atoms in total. The van der Waals surface area contributed by atoms with E-state index in [2.05, 4.69) is 4.90 Å². The van der Waals surface area contributed by atoms with Crippen molar-refractivity contribution in [3.05, 3.63) is 35.9 Å². The van der Waals surface area contributed by atoms with E-state index in [9.17, 15) is 9.90 Å². The highest BCUT2D eigenvalue weighted by molar-refractivity contribution is 5.79. The Morgan fingerprint density at radius 1 is 1.16 bits per heavy atom. The molecule has 2 saturated heterocycles. The van der Waals surface area contributed by atoms with Gasteiger partial charge >= 0.3 is 0 Å². The third-order valence-corrected chi connectivity index (χ3v) is 5.76. The number of nitrogens with zero attached hydrogens (tertiary/aromatic N) is 2. The molecule has 138 valence electrons. The lowest BCUT2D eigenvalue weighted by molar-refractivity contribution is -0.141. The second-order valence-corrected chi connectivity index (χ2v) is 7.33. The lowest BCUT2D eigenvalue weighted by Gasteiger charge is -2.41. The van der Waals surface area contributed by atoms with Crippen molar-refractivity contribution in [1.29, 1.82) is 0 Å². The fourth-order valence-corrected chi connectivity index (χ4v) is 4.02. The molecule has 25 heavy (non-hydrogen) atoms. The van der Waals surface area contributed by atoms with E-state index >= 15 is 0 Å². The highest BCUT2D eigenvalue weighted by Gasteiger charge is 2.37. The van der Waals surface area contributed by atoms with Crippen molar-refractivity contribution in [3.63, 3.8) is 0 Å². The van der Waals surface area contributed by atoms with Gasteiger partial charge in [0.2, 0.25) is 5.91 Å². The van der Waals surface area contributed by atoms with Gasteiger partial charge in [-0.1, -0.05) is 30.3 Å². The smallest absolute Gasteiger partial charge is 0.225 e. The standard InChI is InChI=1S/C20H30N2O3/c1-25-16-15-21-11-7-17(8-12-21)19(23)22-13-9-20(24,10-14-22)18-5-3-2-4-6-18/h2-6,17,24H,7-16H2,1H3. The summed E-state index contributed by atoms with van der Waals surface area (Å²) < 4.78 is 5.13. The Morgan fingerprint density at radius 2 is 1.80 bits per heavy atom. The Hall–Kier alpha value is -1.43. The number of hydrogen-bond acceptors (Lipinski definition) is 4. The van der Waals surface area contributed by atoms with Crippen LogP contribution in [0, 0.1) is 5.92 Å². The van der Waals surface area contributed by atoms with Crippen LogP contribution >= 0.6 is 0 Å². The molecule has 2 heterocycles. The number of benzene rings is 1. The molecule has 0 spiro atoms. The van der Waals surface area contributed by atoms with Crippen LogP contribution < -0.4 is 0 Å². The normalized spacial score (nSPS) is 22.1. The van der Waals surface area contributed by atoms with E-state index in [0.717, 1.165) is 44.6 Å². The first-order valence-corrected chi connectivity index (χ1v) is 9.40. The van der Waals surface area contributed by atoms with Crippen molar-refractivity contribution in [3.8, 4) is 0 Å². The number of methoxy groups -OCH3 is 1. The van der Waals surface area contributed by atoms with Gasteiger partial charge in [-0.25, -0.2) is 0 Å². The van der Waals surface area contributed by atoms with Crippen LogP contribution in [-0.2, 0) is 15.1 Å². The van der Waals surface area contributed by atoms with Gasteiger partial charge in [0.05, 0.1) is 12.2 Å². The largest absolute Gasteiger partial charge is 0.385 e. The van der Waals surface area contributed by atoms with Crippen LogP contribution in [0.1, 0.15) is 31.2 Å². The molecule has 0 unspecified atom stereocenters. The summed E-state index contributed by atoms with van der Waals surface area (Å²) in [5, 5.41) is 10.9. The highest BCUT2D eigenvalue weighted by atomic mass is 16.5. The average Bonchev–Trinajstić information content (AvgIpc) is 2.67. The molecular formula is C20H30N2O3. The van der Waals surface area contributed by atoms with Crippen LogP contribution in [0.2, 0.25) is 0 Å². The molecule has 2 fully saturated rings. The van der Waals surface area contributed by atoms with Crippen molar-refractivity contribution in [2.75, 3.05) is 46.4 Å². The minimum atomic E-state index is -0.790. The molecule has 0 saturated carbocycles. The molecular weight excluding hydrogens is 316 g/mol. The highest BCUT2D eigenvalue weighted by Crippen LogP contribution is 2.33. The predicted octanol–water partition coefficient (Wildman–Crippen LogP) is 1.85. The minimum absolute atomic E-state index is 0.140. The van der Waals surface area contributed by atoms with Gasteiger partial charge < -0.3 is 19.6 Å². The van der Waals surface area contributed by atoms with Gasteiger partial charge in [0.15, 0.2) is 0 Å². The fraction of sp³-hybridized carbons (Fsp3) is 0.650. The molecule has 2 aliphatic heterocycles. The SMILES string of the molecule is COCCN1CCC(C(=O)N2CCC(O)(c3ccccc3)CC2)CC1. The van der Waals surface area contributed by atoms with E-state index in [1.807, 2.05) is 35.2 Å². The summed E-state index contributed by atoms with van der Waals surface area (Å²) in [6.45, 7) is 4.94. The van der Waals surface area contributed by atoms with Gasteiger partial charge in [0.1, 0.15) is 0 Å². The van der Waals surface area contributed by atoms with Crippen LogP contribution in [0.3, 0.4) is 0 Å². The van der Waals surface area contributed by atoms with Crippen molar-refractivity contribution in [2.24, 2.45) is 5.92 Å². The van der Waals surface area contributed by atoms with Crippen molar-refractivity contribution in [2.45, 2.75) is 31.3 Å². The van der Waals surface area contributed by atoms with E-state index in [1.165, 1.54) is 0 Å². The molecule has 0 radical (unpaired) electrons.